The normalized spacial score (nSPS) is 13.1. The predicted molar refractivity (Wildman–Crippen MR) is 114 cm³/mol. The van der Waals surface area contributed by atoms with Gasteiger partial charge >= 0.3 is 0 Å². The first-order valence-corrected chi connectivity index (χ1v) is 10.5. The lowest BCUT2D eigenvalue weighted by atomic mass is 10.1. The lowest BCUT2D eigenvalue weighted by molar-refractivity contribution is 0.102. The van der Waals surface area contributed by atoms with Crippen molar-refractivity contribution in [1.82, 2.24) is 20.3 Å². The van der Waals surface area contributed by atoms with Crippen molar-refractivity contribution in [2.24, 2.45) is 0 Å². The summed E-state index contributed by atoms with van der Waals surface area (Å²) in [5, 5.41) is 14.6. The molecule has 0 fully saturated rings. The number of hydrogen-bond donors (Lipinski definition) is 2. The maximum Gasteiger partial charge on any atom is 0.274 e. The molecule has 1 aliphatic rings. The molecule has 5 rings (SSSR count). The number of amides is 1. The van der Waals surface area contributed by atoms with Gasteiger partial charge in [-0.15, -0.1) is 11.3 Å². The number of rotatable bonds is 5. The van der Waals surface area contributed by atoms with Gasteiger partial charge in [-0.25, -0.2) is 0 Å². The number of carbonyl (C=O) groups excluding carboxylic acids is 1. The Balaban J connectivity index is 1.45. The monoisotopic (exact) mass is 437 g/mol. The number of fused-ring (bicyclic) bond motifs is 1. The molecule has 0 bridgehead atoms. The Morgan fingerprint density at radius 1 is 1.32 bits per heavy atom. The molecule has 4 heterocycles. The standard InChI is InChI=1S/C21H19N5O4S/c1-11-22-20(30-26-11)18-14-6-7-29-10-17(14)31-21(18)23-19(27)16-9-15(24-25-16)12-4-3-5-13(8-12)28-2/h3-5,8-9H,6-7,10H2,1-2H3,(H,23,27)(H,24,25). The number of thiophene rings is 1. The summed E-state index contributed by atoms with van der Waals surface area (Å²) >= 11 is 1.46. The van der Waals surface area contributed by atoms with Gasteiger partial charge in [0.1, 0.15) is 16.4 Å². The minimum absolute atomic E-state index is 0.307. The second kappa shape index (κ2) is 7.97. The smallest absolute Gasteiger partial charge is 0.274 e. The summed E-state index contributed by atoms with van der Waals surface area (Å²) in [4.78, 5) is 18.4. The van der Waals surface area contributed by atoms with Gasteiger partial charge in [0.25, 0.3) is 11.8 Å². The van der Waals surface area contributed by atoms with Gasteiger partial charge in [0.15, 0.2) is 5.82 Å². The van der Waals surface area contributed by atoms with Crippen LogP contribution in [0.25, 0.3) is 22.7 Å². The number of aromatic amines is 1. The number of H-pyrrole nitrogens is 1. The SMILES string of the molecule is COc1cccc(-c2cc(C(=O)Nc3sc4c(c3-c3nc(C)no3)CCOC4)[nH]n2)c1. The van der Waals surface area contributed by atoms with Gasteiger partial charge in [-0.05, 0) is 37.1 Å². The molecular formula is C21H19N5O4S. The molecule has 9 nitrogen and oxygen atoms in total. The molecule has 0 saturated heterocycles. The van der Waals surface area contributed by atoms with E-state index in [4.69, 9.17) is 14.0 Å². The topological polar surface area (TPSA) is 115 Å². The number of benzene rings is 1. The predicted octanol–water partition coefficient (Wildman–Crippen LogP) is 3.83. The van der Waals surface area contributed by atoms with Crippen molar-refractivity contribution in [2.45, 2.75) is 20.0 Å². The highest BCUT2D eigenvalue weighted by Gasteiger charge is 2.27. The average molecular weight is 437 g/mol. The lowest BCUT2D eigenvalue weighted by Crippen LogP contribution is -2.12. The van der Waals surface area contributed by atoms with Crippen LogP contribution in [0.2, 0.25) is 0 Å². The van der Waals surface area contributed by atoms with Crippen molar-refractivity contribution < 1.29 is 18.8 Å². The van der Waals surface area contributed by atoms with Gasteiger partial charge in [-0.1, -0.05) is 17.3 Å². The maximum absolute atomic E-state index is 13.0. The number of nitrogens with zero attached hydrogens (tertiary/aromatic N) is 3. The van der Waals surface area contributed by atoms with Crippen molar-refractivity contribution in [3.63, 3.8) is 0 Å². The molecule has 10 heteroatoms. The summed E-state index contributed by atoms with van der Waals surface area (Å²) < 4.78 is 16.2. The summed E-state index contributed by atoms with van der Waals surface area (Å²) in [6.07, 6.45) is 0.725. The molecule has 0 saturated carbocycles. The van der Waals surface area contributed by atoms with E-state index in [2.05, 4.69) is 25.7 Å². The molecule has 2 N–H and O–H groups in total. The summed E-state index contributed by atoms with van der Waals surface area (Å²) in [5.41, 5.74) is 3.69. The first-order chi connectivity index (χ1) is 15.1. The van der Waals surface area contributed by atoms with Crippen LogP contribution in [-0.4, -0.2) is 40.0 Å². The molecule has 1 aliphatic heterocycles. The number of nitrogens with one attached hydrogen (secondary N) is 2. The summed E-state index contributed by atoms with van der Waals surface area (Å²) in [6.45, 7) is 2.87. The number of ether oxygens (including phenoxy) is 2. The number of carbonyl (C=O) groups is 1. The zero-order valence-corrected chi connectivity index (χ0v) is 17.7. The van der Waals surface area contributed by atoms with Crippen molar-refractivity contribution in [3.05, 3.63) is 52.3 Å². The molecule has 0 atom stereocenters. The second-order valence-electron chi connectivity index (χ2n) is 7.01. The zero-order valence-electron chi connectivity index (χ0n) is 16.9. The van der Waals surface area contributed by atoms with Crippen LogP contribution >= 0.6 is 11.3 Å². The van der Waals surface area contributed by atoms with E-state index in [0.717, 1.165) is 33.7 Å². The van der Waals surface area contributed by atoms with Crippen LogP contribution in [0.5, 0.6) is 5.75 Å². The maximum atomic E-state index is 13.0. The molecule has 31 heavy (non-hydrogen) atoms. The van der Waals surface area contributed by atoms with Crippen LogP contribution in [0.3, 0.4) is 0 Å². The second-order valence-corrected chi connectivity index (χ2v) is 8.12. The minimum Gasteiger partial charge on any atom is -0.497 e. The molecule has 0 spiro atoms. The molecule has 158 valence electrons. The van der Waals surface area contributed by atoms with E-state index in [9.17, 15) is 4.79 Å². The largest absolute Gasteiger partial charge is 0.497 e. The quantitative estimate of drug-likeness (QED) is 0.487. The molecule has 1 aromatic carbocycles. The van der Waals surface area contributed by atoms with Crippen molar-refractivity contribution in [2.75, 3.05) is 19.0 Å². The van der Waals surface area contributed by atoms with Gasteiger partial charge in [0, 0.05) is 10.4 Å². The Kier molecular flexibility index (Phi) is 5.00. The van der Waals surface area contributed by atoms with Crippen molar-refractivity contribution in [1.29, 1.82) is 0 Å². The first kappa shape index (κ1) is 19.5. The fraction of sp³-hybridized carbons (Fsp3) is 0.238. The molecule has 0 unspecified atom stereocenters. The fourth-order valence-electron chi connectivity index (χ4n) is 3.48. The van der Waals surface area contributed by atoms with Gasteiger partial charge in [0.05, 0.1) is 31.6 Å². The van der Waals surface area contributed by atoms with Crippen molar-refractivity contribution in [3.8, 4) is 28.5 Å². The highest BCUT2D eigenvalue weighted by molar-refractivity contribution is 7.17. The third kappa shape index (κ3) is 3.71. The molecular weight excluding hydrogens is 418 g/mol. The van der Waals surface area contributed by atoms with E-state index in [-0.39, 0.29) is 5.91 Å². The number of anilines is 1. The van der Waals surface area contributed by atoms with E-state index in [1.165, 1.54) is 11.3 Å². The van der Waals surface area contributed by atoms with Gasteiger partial charge < -0.3 is 19.3 Å². The summed E-state index contributed by atoms with van der Waals surface area (Å²) in [5.74, 6) is 1.35. The third-order valence-electron chi connectivity index (χ3n) is 4.98. The van der Waals surface area contributed by atoms with Crippen LogP contribution in [0.1, 0.15) is 26.8 Å². The van der Waals surface area contributed by atoms with Crippen LogP contribution in [0.15, 0.2) is 34.9 Å². The van der Waals surface area contributed by atoms with Crippen LogP contribution in [0.4, 0.5) is 5.00 Å². The third-order valence-corrected chi connectivity index (χ3v) is 6.10. The fourth-order valence-corrected chi connectivity index (χ4v) is 4.66. The molecule has 0 aliphatic carbocycles. The van der Waals surface area contributed by atoms with Gasteiger partial charge in [0.2, 0.25) is 0 Å². The van der Waals surface area contributed by atoms with Gasteiger partial charge in [-0.3, -0.25) is 9.89 Å². The van der Waals surface area contributed by atoms with E-state index in [1.54, 1.807) is 20.1 Å². The van der Waals surface area contributed by atoms with E-state index in [1.807, 2.05) is 24.3 Å². The Hall–Kier alpha value is -3.50. The van der Waals surface area contributed by atoms with Crippen LogP contribution in [-0.2, 0) is 17.8 Å². The van der Waals surface area contributed by atoms with E-state index < -0.39 is 0 Å². The minimum atomic E-state index is -0.307. The van der Waals surface area contributed by atoms with Gasteiger partial charge in [-0.2, -0.15) is 10.1 Å². The van der Waals surface area contributed by atoms with Crippen LogP contribution in [0, 0.1) is 6.92 Å². The molecule has 1 amide bonds. The van der Waals surface area contributed by atoms with Crippen LogP contribution < -0.4 is 10.1 Å². The lowest BCUT2D eigenvalue weighted by Gasteiger charge is -2.12. The van der Waals surface area contributed by atoms with E-state index in [0.29, 0.717) is 41.3 Å². The summed E-state index contributed by atoms with van der Waals surface area (Å²) in [6, 6.07) is 9.20. The highest BCUT2D eigenvalue weighted by atomic mass is 32.1. The number of methoxy groups -OCH3 is 1. The molecule has 0 radical (unpaired) electrons. The highest BCUT2D eigenvalue weighted by Crippen LogP contribution is 2.42. The number of aryl methyl sites for hydroxylation is 1. The Labute approximate surface area is 181 Å². The Morgan fingerprint density at radius 2 is 2.23 bits per heavy atom. The number of aromatic nitrogens is 4. The molecule has 4 aromatic rings. The first-order valence-electron chi connectivity index (χ1n) is 9.66. The Morgan fingerprint density at radius 3 is 3.03 bits per heavy atom. The Bertz CT molecular complexity index is 1260. The zero-order chi connectivity index (χ0) is 21.4. The molecule has 3 aromatic heterocycles. The average Bonchev–Trinajstić information content (AvgIpc) is 3.51. The van der Waals surface area contributed by atoms with Crippen molar-refractivity contribution >= 4 is 22.2 Å². The summed E-state index contributed by atoms with van der Waals surface area (Å²) in [7, 11) is 1.61. The number of hydrogen-bond acceptors (Lipinski definition) is 8. The van der Waals surface area contributed by atoms with E-state index >= 15 is 0 Å².